The molecule has 0 bridgehead atoms. The van der Waals surface area contributed by atoms with Crippen molar-refractivity contribution in [3.05, 3.63) is 71.5 Å². The molecule has 0 radical (unpaired) electrons. The van der Waals surface area contributed by atoms with Crippen LogP contribution in [0.15, 0.2) is 59.0 Å². The van der Waals surface area contributed by atoms with Crippen LogP contribution in [0.2, 0.25) is 0 Å². The summed E-state index contributed by atoms with van der Waals surface area (Å²) in [5.74, 6) is 1.87. The van der Waals surface area contributed by atoms with Gasteiger partial charge in [0.2, 0.25) is 0 Å². The maximum atomic E-state index is 10.5. The number of hydrogen-bond acceptors (Lipinski definition) is 4. The normalized spacial score (nSPS) is 11.6. The zero-order valence-corrected chi connectivity index (χ0v) is 15.8. The summed E-state index contributed by atoms with van der Waals surface area (Å²) in [6.07, 6.45) is 5.63. The fourth-order valence-electron chi connectivity index (χ4n) is 3.56. The molecule has 0 aliphatic rings. The summed E-state index contributed by atoms with van der Waals surface area (Å²) in [6, 6.07) is 17.4. The third kappa shape index (κ3) is 3.35. The van der Waals surface area contributed by atoms with E-state index in [1.165, 1.54) is 0 Å². The Bertz CT molecular complexity index is 1160. The summed E-state index contributed by atoms with van der Waals surface area (Å²) in [5.41, 5.74) is 8.64. The number of phenols is 1. The molecule has 3 N–H and O–H groups in total. The van der Waals surface area contributed by atoms with Crippen LogP contribution >= 0.6 is 0 Å². The number of rotatable bonds is 6. The van der Waals surface area contributed by atoms with Gasteiger partial charge in [-0.1, -0.05) is 42.5 Å². The van der Waals surface area contributed by atoms with Crippen LogP contribution in [-0.2, 0) is 6.42 Å². The molecule has 4 rings (SSSR count). The first-order valence-electron chi connectivity index (χ1n) is 9.39. The zero-order valence-electron chi connectivity index (χ0n) is 15.8. The van der Waals surface area contributed by atoms with Crippen molar-refractivity contribution in [2.45, 2.75) is 12.8 Å². The van der Waals surface area contributed by atoms with Gasteiger partial charge in [-0.25, -0.2) is 0 Å². The molecule has 142 valence electrons. The van der Waals surface area contributed by atoms with Crippen molar-refractivity contribution in [3.8, 4) is 11.5 Å². The van der Waals surface area contributed by atoms with E-state index in [1.807, 2.05) is 60.7 Å². The number of nitrogens with two attached hydrogens (primary N) is 1. The summed E-state index contributed by atoms with van der Waals surface area (Å²) < 4.78 is 11.6. The second kappa shape index (κ2) is 7.79. The van der Waals surface area contributed by atoms with E-state index in [0.717, 1.165) is 57.2 Å². The van der Waals surface area contributed by atoms with Gasteiger partial charge in [-0.05, 0) is 49.2 Å². The highest BCUT2D eigenvalue weighted by molar-refractivity contribution is 6.09. The third-order valence-electron chi connectivity index (χ3n) is 4.96. The van der Waals surface area contributed by atoms with Crippen LogP contribution in [0.25, 0.3) is 33.9 Å². The fraction of sp³-hybridized carbons (Fsp3) is 0.167. The lowest BCUT2D eigenvalue weighted by Gasteiger charge is -2.03. The lowest BCUT2D eigenvalue weighted by molar-refractivity contribution is 0.414. The van der Waals surface area contributed by atoms with E-state index in [-0.39, 0.29) is 5.75 Å². The highest BCUT2D eigenvalue weighted by atomic mass is 16.5. The monoisotopic (exact) mass is 373 g/mol. The number of ether oxygens (including phenoxy) is 1. The number of fused-ring (bicyclic) bond motifs is 3. The van der Waals surface area contributed by atoms with Crippen molar-refractivity contribution in [1.29, 1.82) is 0 Å². The van der Waals surface area contributed by atoms with Crippen LogP contribution in [0, 0.1) is 0 Å². The van der Waals surface area contributed by atoms with Gasteiger partial charge in [-0.15, -0.1) is 0 Å². The van der Waals surface area contributed by atoms with E-state index in [4.69, 9.17) is 14.9 Å². The Morgan fingerprint density at radius 1 is 1.00 bits per heavy atom. The Morgan fingerprint density at radius 3 is 2.61 bits per heavy atom. The van der Waals surface area contributed by atoms with Crippen LogP contribution in [0.3, 0.4) is 0 Å². The summed E-state index contributed by atoms with van der Waals surface area (Å²) in [6.45, 7) is 0.602. The van der Waals surface area contributed by atoms with Crippen LogP contribution in [-0.4, -0.2) is 18.8 Å². The molecule has 4 nitrogen and oxygen atoms in total. The summed E-state index contributed by atoms with van der Waals surface area (Å²) >= 11 is 0. The van der Waals surface area contributed by atoms with Crippen molar-refractivity contribution in [3.63, 3.8) is 0 Å². The van der Waals surface area contributed by atoms with Gasteiger partial charge in [0.15, 0.2) is 0 Å². The molecule has 4 heteroatoms. The van der Waals surface area contributed by atoms with Gasteiger partial charge in [0.25, 0.3) is 0 Å². The molecular weight excluding hydrogens is 350 g/mol. The molecule has 28 heavy (non-hydrogen) atoms. The van der Waals surface area contributed by atoms with Crippen LogP contribution in [0.4, 0.5) is 0 Å². The Labute approximate surface area is 163 Å². The molecule has 0 unspecified atom stereocenters. The van der Waals surface area contributed by atoms with Crippen molar-refractivity contribution in [2.24, 2.45) is 5.73 Å². The van der Waals surface area contributed by atoms with Crippen molar-refractivity contribution in [1.82, 2.24) is 0 Å². The smallest absolute Gasteiger partial charge is 0.143 e. The second-order valence-electron chi connectivity index (χ2n) is 6.77. The van der Waals surface area contributed by atoms with Crippen molar-refractivity contribution >= 4 is 33.9 Å². The summed E-state index contributed by atoms with van der Waals surface area (Å²) in [4.78, 5) is 0. The minimum absolute atomic E-state index is 0.265. The largest absolute Gasteiger partial charge is 0.507 e. The number of aryl methyl sites for hydroxylation is 1. The van der Waals surface area contributed by atoms with Gasteiger partial charge in [0.1, 0.15) is 22.8 Å². The Balaban J connectivity index is 1.86. The van der Waals surface area contributed by atoms with Crippen LogP contribution in [0.1, 0.15) is 23.3 Å². The molecule has 4 aromatic rings. The average Bonchev–Trinajstić information content (AvgIpc) is 3.08. The minimum atomic E-state index is 0.265. The minimum Gasteiger partial charge on any atom is -0.507 e. The average molecular weight is 373 g/mol. The Hall–Kier alpha value is -3.24. The maximum absolute atomic E-state index is 10.5. The number of aromatic hydroxyl groups is 1. The molecule has 0 fully saturated rings. The number of hydrogen-bond donors (Lipinski definition) is 2. The molecule has 0 amide bonds. The molecule has 0 aliphatic carbocycles. The first-order valence-corrected chi connectivity index (χ1v) is 9.39. The standard InChI is InChI=1S/C24H23NO3/c1-27-17-7-4-6-16(14-17)11-12-23-19(10-5-13-25)21-15-22(26)18-8-2-3-9-20(18)24(21)28-23/h2-4,6-9,11-12,14-15,26H,5,10,13,25H2,1H3/b12-11+. The highest BCUT2D eigenvalue weighted by Crippen LogP contribution is 2.38. The van der Waals surface area contributed by atoms with Gasteiger partial charge in [0, 0.05) is 21.7 Å². The van der Waals surface area contributed by atoms with E-state index in [0.29, 0.717) is 6.54 Å². The zero-order chi connectivity index (χ0) is 19.5. The molecule has 0 spiro atoms. The third-order valence-corrected chi connectivity index (χ3v) is 4.96. The molecule has 1 heterocycles. The van der Waals surface area contributed by atoms with Crippen molar-refractivity contribution < 1.29 is 14.3 Å². The Kier molecular flexibility index (Phi) is 5.04. The highest BCUT2D eigenvalue weighted by Gasteiger charge is 2.16. The van der Waals surface area contributed by atoms with Gasteiger partial charge >= 0.3 is 0 Å². The first-order chi connectivity index (χ1) is 13.7. The molecule has 3 aromatic carbocycles. The van der Waals surface area contributed by atoms with Gasteiger partial charge in [-0.2, -0.15) is 0 Å². The summed E-state index contributed by atoms with van der Waals surface area (Å²) in [7, 11) is 1.66. The SMILES string of the molecule is COc1cccc(/C=C/c2oc3c(cc(O)c4ccccc43)c2CCCN)c1. The molecule has 0 saturated carbocycles. The van der Waals surface area contributed by atoms with Crippen molar-refractivity contribution in [2.75, 3.05) is 13.7 Å². The molecule has 0 saturated heterocycles. The molecule has 0 atom stereocenters. The summed E-state index contributed by atoms with van der Waals surface area (Å²) in [5, 5.41) is 13.1. The van der Waals surface area contributed by atoms with E-state index in [9.17, 15) is 5.11 Å². The van der Waals surface area contributed by atoms with Crippen LogP contribution < -0.4 is 10.5 Å². The lowest BCUT2D eigenvalue weighted by atomic mass is 10.0. The fourth-order valence-corrected chi connectivity index (χ4v) is 3.56. The number of furan rings is 1. The number of methoxy groups -OCH3 is 1. The maximum Gasteiger partial charge on any atom is 0.143 e. The molecule has 0 aliphatic heterocycles. The van der Waals surface area contributed by atoms with E-state index in [1.54, 1.807) is 13.2 Å². The Morgan fingerprint density at radius 2 is 1.82 bits per heavy atom. The molecule has 1 aromatic heterocycles. The van der Waals surface area contributed by atoms with Crippen LogP contribution in [0.5, 0.6) is 11.5 Å². The van der Waals surface area contributed by atoms with Gasteiger partial charge in [0.05, 0.1) is 7.11 Å². The topological polar surface area (TPSA) is 68.6 Å². The predicted octanol–water partition coefficient (Wildman–Crippen LogP) is 5.36. The first kappa shape index (κ1) is 18.1. The molecular formula is C24H23NO3. The van der Waals surface area contributed by atoms with Gasteiger partial charge < -0.3 is 20.0 Å². The van der Waals surface area contributed by atoms with Gasteiger partial charge in [-0.3, -0.25) is 0 Å². The number of benzene rings is 3. The number of phenolic OH excluding ortho intramolecular Hbond substituents is 1. The predicted molar refractivity (Wildman–Crippen MR) is 115 cm³/mol. The van der Waals surface area contributed by atoms with E-state index < -0.39 is 0 Å². The van der Waals surface area contributed by atoms with E-state index >= 15 is 0 Å². The lowest BCUT2D eigenvalue weighted by Crippen LogP contribution is -2.00. The second-order valence-corrected chi connectivity index (χ2v) is 6.77. The van der Waals surface area contributed by atoms with E-state index in [2.05, 4.69) is 0 Å². The quantitative estimate of drug-likeness (QED) is 0.477.